The Bertz CT molecular complexity index is 1080. The number of benzene rings is 1. The van der Waals surface area contributed by atoms with E-state index in [1.807, 2.05) is 39.0 Å². The molecular weight excluding hydrogens is 404 g/mol. The summed E-state index contributed by atoms with van der Waals surface area (Å²) in [5.41, 5.74) is 1.50. The highest BCUT2D eigenvalue weighted by Crippen LogP contribution is 2.11. The average molecular weight is 433 g/mol. The molecule has 1 aromatic carbocycles. The molecule has 0 saturated heterocycles. The van der Waals surface area contributed by atoms with Gasteiger partial charge < -0.3 is 10.1 Å². The quantitative estimate of drug-likeness (QED) is 0.447. The number of fused-ring (bicyclic) bond motifs is 1. The molecule has 0 saturated carbocycles. The van der Waals surface area contributed by atoms with E-state index in [-0.39, 0.29) is 17.5 Å². The summed E-state index contributed by atoms with van der Waals surface area (Å²) in [5, 5.41) is 16.0. The maximum absolute atomic E-state index is 12.5. The topological polar surface area (TPSA) is 111 Å². The van der Waals surface area contributed by atoms with Crippen LogP contribution in [-0.4, -0.2) is 54.0 Å². The average Bonchev–Trinajstić information content (AvgIpc) is 3.10. The molecule has 162 valence electrons. The largest absolute Gasteiger partial charge is 0.379 e. The Labute approximate surface area is 176 Å². The number of rotatable bonds is 11. The van der Waals surface area contributed by atoms with Crippen molar-refractivity contribution in [2.75, 3.05) is 25.0 Å². The second-order valence-electron chi connectivity index (χ2n) is 7.27. The zero-order chi connectivity index (χ0) is 21.6. The third-order valence-corrected chi connectivity index (χ3v) is 5.81. The van der Waals surface area contributed by atoms with Crippen molar-refractivity contribution >= 4 is 21.5 Å². The van der Waals surface area contributed by atoms with Gasteiger partial charge in [-0.05, 0) is 57.0 Å². The van der Waals surface area contributed by atoms with Crippen molar-refractivity contribution in [2.24, 2.45) is 0 Å². The predicted octanol–water partition coefficient (Wildman–Crippen LogP) is 2.18. The van der Waals surface area contributed by atoms with E-state index in [4.69, 9.17) is 4.74 Å². The summed E-state index contributed by atoms with van der Waals surface area (Å²) >= 11 is 0. The van der Waals surface area contributed by atoms with Crippen LogP contribution in [-0.2, 0) is 21.2 Å². The van der Waals surface area contributed by atoms with Crippen molar-refractivity contribution in [3.63, 3.8) is 0 Å². The van der Waals surface area contributed by atoms with Crippen LogP contribution in [0.3, 0.4) is 0 Å². The Balaban J connectivity index is 1.58. The number of ether oxygens (including phenoxy) is 1. The molecule has 2 heterocycles. The summed E-state index contributed by atoms with van der Waals surface area (Å²) in [6.07, 6.45) is 1.46. The van der Waals surface area contributed by atoms with Crippen molar-refractivity contribution < 1.29 is 13.2 Å². The van der Waals surface area contributed by atoms with E-state index in [1.54, 1.807) is 22.7 Å². The molecule has 0 aliphatic heterocycles. The standard InChI is InChI=1S/C20H28N6O3S/c1-15(2)29-13-5-11-21-18-8-9-19-23-24-20(26(19)25-18)10-12-22-30(27,28)17-7-4-6-16(3)14-17/h4,6-9,14-15,22H,5,10-13H2,1-3H3,(H,21,25). The highest BCUT2D eigenvalue weighted by atomic mass is 32.2. The summed E-state index contributed by atoms with van der Waals surface area (Å²) in [5.74, 6) is 1.29. The zero-order valence-electron chi connectivity index (χ0n) is 17.5. The van der Waals surface area contributed by atoms with Crippen LogP contribution in [0.4, 0.5) is 5.82 Å². The van der Waals surface area contributed by atoms with Crippen LogP contribution in [0, 0.1) is 6.92 Å². The molecule has 0 unspecified atom stereocenters. The van der Waals surface area contributed by atoms with E-state index in [0.29, 0.717) is 30.3 Å². The lowest BCUT2D eigenvalue weighted by molar-refractivity contribution is 0.0787. The van der Waals surface area contributed by atoms with Crippen molar-refractivity contribution in [3.05, 3.63) is 47.8 Å². The number of anilines is 1. The number of aryl methyl sites for hydroxylation is 1. The second kappa shape index (κ2) is 9.96. The molecule has 9 nitrogen and oxygen atoms in total. The third-order valence-electron chi connectivity index (χ3n) is 4.35. The predicted molar refractivity (Wildman–Crippen MR) is 115 cm³/mol. The molecule has 0 fully saturated rings. The highest BCUT2D eigenvalue weighted by molar-refractivity contribution is 7.89. The maximum Gasteiger partial charge on any atom is 0.240 e. The number of nitrogens with zero attached hydrogens (tertiary/aromatic N) is 4. The molecule has 0 bridgehead atoms. The monoisotopic (exact) mass is 432 g/mol. The van der Waals surface area contributed by atoms with E-state index < -0.39 is 10.0 Å². The van der Waals surface area contributed by atoms with Gasteiger partial charge in [0.15, 0.2) is 11.5 Å². The fourth-order valence-corrected chi connectivity index (χ4v) is 3.99. The van der Waals surface area contributed by atoms with E-state index >= 15 is 0 Å². The summed E-state index contributed by atoms with van der Waals surface area (Å²) in [6, 6.07) is 10.5. The molecule has 0 aliphatic carbocycles. The Morgan fingerprint density at radius 2 is 1.97 bits per heavy atom. The number of aromatic nitrogens is 4. The molecule has 0 atom stereocenters. The van der Waals surface area contributed by atoms with Crippen LogP contribution < -0.4 is 10.0 Å². The van der Waals surface area contributed by atoms with Crippen LogP contribution in [0.15, 0.2) is 41.3 Å². The van der Waals surface area contributed by atoms with Gasteiger partial charge in [-0.15, -0.1) is 15.3 Å². The van der Waals surface area contributed by atoms with E-state index in [9.17, 15) is 8.42 Å². The Kier molecular flexibility index (Phi) is 7.35. The molecule has 0 aliphatic rings. The van der Waals surface area contributed by atoms with E-state index in [2.05, 4.69) is 25.3 Å². The Morgan fingerprint density at radius 1 is 1.13 bits per heavy atom. The zero-order valence-corrected chi connectivity index (χ0v) is 18.3. The molecule has 3 rings (SSSR count). The van der Waals surface area contributed by atoms with Crippen molar-refractivity contribution in [2.45, 2.75) is 44.6 Å². The highest BCUT2D eigenvalue weighted by Gasteiger charge is 2.15. The van der Waals surface area contributed by atoms with Crippen molar-refractivity contribution in [1.82, 2.24) is 24.5 Å². The SMILES string of the molecule is Cc1cccc(S(=O)(=O)NCCc2nnc3ccc(NCCCOC(C)C)nn23)c1. The summed E-state index contributed by atoms with van der Waals surface area (Å²) < 4.78 is 34.7. The summed E-state index contributed by atoms with van der Waals surface area (Å²) in [7, 11) is -3.57. The van der Waals surface area contributed by atoms with E-state index in [0.717, 1.165) is 18.5 Å². The number of hydrogen-bond donors (Lipinski definition) is 2. The summed E-state index contributed by atoms with van der Waals surface area (Å²) in [4.78, 5) is 0.250. The smallest absolute Gasteiger partial charge is 0.240 e. The van der Waals surface area contributed by atoms with Crippen LogP contribution in [0.5, 0.6) is 0 Å². The molecule has 0 radical (unpaired) electrons. The maximum atomic E-state index is 12.5. The third kappa shape index (κ3) is 5.97. The van der Waals surface area contributed by atoms with Gasteiger partial charge in [0.25, 0.3) is 0 Å². The normalized spacial score (nSPS) is 12.0. The molecule has 0 spiro atoms. The van der Waals surface area contributed by atoms with Crippen molar-refractivity contribution in [1.29, 1.82) is 0 Å². The number of nitrogens with one attached hydrogen (secondary N) is 2. The molecule has 10 heteroatoms. The molecular formula is C20H28N6O3S. The van der Waals surface area contributed by atoms with Crippen LogP contribution in [0.1, 0.15) is 31.7 Å². The summed E-state index contributed by atoms with van der Waals surface area (Å²) in [6.45, 7) is 7.50. The van der Waals surface area contributed by atoms with Gasteiger partial charge in [0.1, 0.15) is 5.82 Å². The van der Waals surface area contributed by atoms with Crippen molar-refractivity contribution in [3.8, 4) is 0 Å². The first-order valence-electron chi connectivity index (χ1n) is 9.98. The second-order valence-corrected chi connectivity index (χ2v) is 9.04. The van der Waals surface area contributed by atoms with Gasteiger partial charge in [-0.2, -0.15) is 4.52 Å². The minimum absolute atomic E-state index is 0.197. The number of hydrogen-bond acceptors (Lipinski definition) is 7. The Morgan fingerprint density at radius 3 is 2.73 bits per heavy atom. The van der Waals surface area contributed by atoms with Gasteiger partial charge in [-0.1, -0.05) is 12.1 Å². The fraction of sp³-hybridized carbons (Fsp3) is 0.450. The van der Waals surface area contributed by atoms with Gasteiger partial charge in [-0.25, -0.2) is 13.1 Å². The first-order chi connectivity index (χ1) is 14.3. The van der Waals surface area contributed by atoms with Crippen LogP contribution >= 0.6 is 0 Å². The molecule has 2 aromatic heterocycles. The van der Waals surface area contributed by atoms with Crippen LogP contribution in [0.25, 0.3) is 5.65 Å². The van der Waals surface area contributed by atoms with Gasteiger partial charge >= 0.3 is 0 Å². The van der Waals surface area contributed by atoms with Gasteiger partial charge in [-0.3, -0.25) is 0 Å². The molecule has 0 amide bonds. The first-order valence-corrected chi connectivity index (χ1v) is 11.5. The number of sulfonamides is 1. The van der Waals surface area contributed by atoms with Gasteiger partial charge in [0, 0.05) is 26.1 Å². The fourth-order valence-electron chi connectivity index (χ4n) is 2.85. The minimum Gasteiger partial charge on any atom is -0.379 e. The first kappa shape index (κ1) is 22.1. The lowest BCUT2D eigenvalue weighted by Crippen LogP contribution is -2.26. The molecule has 30 heavy (non-hydrogen) atoms. The lowest BCUT2D eigenvalue weighted by Gasteiger charge is -2.09. The van der Waals surface area contributed by atoms with Gasteiger partial charge in [0.05, 0.1) is 11.0 Å². The van der Waals surface area contributed by atoms with Gasteiger partial charge in [0.2, 0.25) is 10.0 Å². The minimum atomic E-state index is -3.57. The molecule has 2 N–H and O–H groups in total. The van der Waals surface area contributed by atoms with E-state index in [1.165, 1.54) is 0 Å². The molecule has 3 aromatic rings. The lowest BCUT2D eigenvalue weighted by atomic mass is 10.2. The van der Waals surface area contributed by atoms with Crippen LogP contribution in [0.2, 0.25) is 0 Å². The Hall–Kier alpha value is -2.56.